The Labute approximate surface area is 191 Å². The summed E-state index contributed by atoms with van der Waals surface area (Å²) in [5, 5.41) is 2.50. The Bertz CT molecular complexity index is 1140. The lowest BCUT2D eigenvalue weighted by Gasteiger charge is -2.53. The fraction of sp³-hybridized carbons (Fsp3) is 0.440. The van der Waals surface area contributed by atoms with Crippen LogP contribution in [-0.4, -0.2) is 40.9 Å². The molecule has 5 rings (SSSR count). The third-order valence-electron chi connectivity index (χ3n) is 7.50. The molecule has 2 aliphatic heterocycles. The van der Waals surface area contributed by atoms with Gasteiger partial charge in [0, 0.05) is 48.2 Å². The zero-order chi connectivity index (χ0) is 23.4. The van der Waals surface area contributed by atoms with Crippen LogP contribution in [-0.2, 0) is 14.3 Å². The maximum Gasteiger partial charge on any atom is 0.313 e. The number of fused-ring (bicyclic) bond motifs is 1. The largest absolute Gasteiger partial charge is 0.481 e. The molecule has 2 aromatic rings. The van der Waals surface area contributed by atoms with Gasteiger partial charge in [-0.15, -0.1) is 0 Å². The van der Waals surface area contributed by atoms with E-state index in [2.05, 4.69) is 15.3 Å². The number of carbonyl (C=O) groups excluding carboxylic acids is 2. The summed E-state index contributed by atoms with van der Waals surface area (Å²) < 4.78 is 26.7. The first-order valence-electron chi connectivity index (χ1n) is 11.1. The van der Waals surface area contributed by atoms with Crippen LogP contribution in [0.4, 0.5) is 4.39 Å². The van der Waals surface area contributed by atoms with Crippen LogP contribution in [0.2, 0.25) is 0 Å². The second-order valence-electron chi connectivity index (χ2n) is 9.31. The van der Waals surface area contributed by atoms with E-state index < -0.39 is 35.1 Å². The summed E-state index contributed by atoms with van der Waals surface area (Å²) in [4.78, 5) is 33.8. The quantitative estimate of drug-likeness (QED) is 0.565. The molecule has 33 heavy (non-hydrogen) atoms. The summed E-state index contributed by atoms with van der Waals surface area (Å²) in [6, 6.07) is 7.54. The van der Waals surface area contributed by atoms with Crippen molar-refractivity contribution in [2.45, 2.75) is 38.6 Å². The van der Waals surface area contributed by atoms with Gasteiger partial charge >= 0.3 is 5.97 Å². The molecule has 172 valence electrons. The number of ether oxygens (including phenoxy) is 2. The van der Waals surface area contributed by atoms with Crippen molar-refractivity contribution in [2.75, 3.05) is 7.11 Å². The molecule has 8 heteroatoms. The second kappa shape index (κ2) is 7.64. The lowest BCUT2D eigenvalue weighted by molar-refractivity contribution is -0.171. The standard InChI is InChI=1S/C25H26FN3O4/c1-14-18(21-15(2)33-23(31)24(21)11-20(30)29-25(14,26)13-24)9-8-17-7-6-16(12-28-17)19-5-4-10-27-22(19)32-3/h4-10,12,14-15,18,21H,11,13H2,1-3H3,(H,29,30)/b9-8+/t14-,15+,18-,21-,24+,25?/m0/s1. The van der Waals surface area contributed by atoms with E-state index >= 15 is 4.39 Å². The number of pyridine rings is 2. The van der Waals surface area contributed by atoms with E-state index in [4.69, 9.17) is 9.47 Å². The first kappa shape index (κ1) is 21.6. The molecule has 2 saturated heterocycles. The van der Waals surface area contributed by atoms with Crippen molar-refractivity contribution in [1.82, 2.24) is 15.3 Å². The van der Waals surface area contributed by atoms with E-state index in [0.717, 1.165) is 11.1 Å². The summed E-state index contributed by atoms with van der Waals surface area (Å²) in [6.07, 6.45) is 6.70. The van der Waals surface area contributed by atoms with E-state index in [1.165, 1.54) is 0 Å². The molecule has 1 unspecified atom stereocenters. The monoisotopic (exact) mass is 451 g/mol. The average molecular weight is 451 g/mol. The summed E-state index contributed by atoms with van der Waals surface area (Å²) in [6.45, 7) is 3.61. The molecule has 2 aromatic heterocycles. The van der Waals surface area contributed by atoms with Crippen LogP contribution < -0.4 is 10.1 Å². The summed E-state index contributed by atoms with van der Waals surface area (Å²) in [5.74, 6) is -3.42. The summed E-state index contributed by atoms with van der Waals surface area (Å²) >= 11 is 0. The molecule has 1 amide bonds. The molecule has 1 N–H and O–H groups in total. The molecule has 1 aliphatic carbocycles. The highest BCUT2D eigenvalue weighted by molar-refractivity contribution is 5.90. The minimum atomic E-state index is -1.95. The number of cyclic esters (lactones) is 1. The normalized spacial score (nSPS) is 35.2. The van der Waals surface area contributed by atoms with Gasteiger partial charge in [-0.1, -0.05) is 19.1 Å². The number of allylic oxidation sites excluding steroid dienone is 1. The van der Waals surface area contributed by atoms with Crippen LogP contribution in [0.25, 0.3) is 17.2 Å². The number of nitrogens with zero attached hydrogens (tertiary/aromatic N) is 2. The molecule has 7 nitrogen and oxygen atoms in total. The lowest BCUT2D eigenvalue weighted by Crippen LogP contribution is -2.67. The van der Waals surface area contributed by atoms with Gasteiger partial charge in [-0.25, -0.2) is 9.37 Å². The molecule has 4 heterocycles. The number of hydrogen-bond donors (Lipinski definition) is 1. The topological polar surface area (TPSA) is 90.4 Å². The van der Waals surface area contributed by atoms with E-state index in [-0.39, 0.29) is 24.7 Å². The van der Waals surface area contributed by atoms with Gasteiger partial charge in [-0.05, 0) is 37.1 Å². The Balaban J connectivity index is 1.45. The molecular formula is C25H26FN3O4. The average Bonchev–Trinajstić information content (AvgIpc) is 3.02. The highest BCUT2D eigenvalue weighted by atomic mass is 19.1. The highest BCUT2D eigenvalue weighted by Gasteiger charge is 2.70. The molecule has 1 saturated carbocycles. The van der Waals surface area contributed by atoms with Crippen LogP contribution in [0, 0.1) is 23.2 Å². The van der Waals surface area contributed by atoms with Crippen molar-refractivity contribution in [3.05, 3.63) is 48.4 Å². The molecule has 0 radical (unpaired) electrons. The van der Waals surface area contributed by atoms with Gasteiger partial charge in [0.2, 0.25) is 11.8 Å². The zero-order valence-corrected chi connectivity index (χ0v) is 18.7. The van der Waals surface area contributed by atoms with Gasteiger partial charge in [-0.2, -0.15) is 0 Å². The summed E-state index contributed by atoms with van der Waals surface area (Å²) in [7, 11) is 1.57. The number of aromatic nitrogens is 2. The van der Waals surface area contributed by atoms with E-state index in [9.17, 15) is 9.59 Å². The summed E-state index contributed by atoms with van der Waals surface area (Å²) in [5.41, 5.74) is 1.29. The highest BCUT2D eigenvalue weighted by Crippen LogP contribution is 2.61. The van der Waals surface area contributed by atoms with Crippen molar-refractivity contribution in [2.24, 2.45) is 23.2 Å². The number of methoxy groups -OCH3 is 1. The second-order valence-corrected chi connectivity index (χ2v) is 9.31. The molecular weight excluding hydrogens is 425 g/mol. The third-order valence-corrected chi connectivity index (χ3v) is 7.50. The predicted octanol–water partition coefficient (Wildman–Crippen LogP) is 3.56. The molecule has 0 aromatic carbocycles. The SMILES string of the molecule is COc1ncccc1-c1ccc(/C=C/[C@@H]2[C@@H]3[C@@H](C)OC(=O)[C@@]34CC(=O)NC(F)(C4)[C@H]2C)nc1. The van der Waals surface area contributed by atoms with Crippen molar-refractivity contribution >= 4 is 18.0 Å². The van der Waals surface area contributed by atoms with Crippen LogP contribution in [0.1, 0.15) is 32.4 Å². The van der Waals surface area contributed by atoms with E-state index in [1.807, 2.05) is 43.3 Å². The van der Waals surface area contributed by atoms with Crippen LogP contribution in [0.15, 0.2) is 42.7 Å². The number of alkyl halides is 1. The molecule has 2 bridgehead atoms. The maximum atomic E-state index is 15.9. The fourth-order valence-corrected chi connectivity index (χ4v) is 5.96. The Morgan fingerprint density at radius 1 is 1.24 bits per heavy atom. The van der Waals surface area contributed by atoms with Gasteiger partial charge in [-0.3, -0.25) is 14.6 Å². The van der Waals surface area contributed by atoms with Crippen molar-refractivity contribution in [3.63, 3.8) is 0 Å². The minimum Gasteiger partial charge on any atom is -0.481 e. The van der Waals surface area contributed by atoms with Gasteiger partial charge in [0.15, 0.2) is 5.79 Å². The van der Waals surface area contributed by atoms with Crippen LogP contribution in [0.5, 0.6) is 5.88 Å². The van der Waals surface area contributed by atoms with Gasteiger partial charge < -0.3 is 14.8 Å². The first-order valence-corrected chi connectivity index (χ1v) is 11.1. The van der Waals surface area contributed by atoms with E-state index in [0.29, 0.717) is 11.6 Å². The minimum absolute atomic E-state index is 0.0367. The van der Waals surface area contributed by atoms with Crippen molar-refractivity contribution < 1.29 is 23.5 Å². The van der Waals surface area contributed by atoms with Gasteiger partial charge in [0.1, 0.15) is 6.10 Å². The van der Waals surface area contributed by atoms with Crippen LogP contribution >= 0.6 is 0 Å². The van der Waals surface area contributed by atoms with Crippen LogP contribution in [0.3, 0.4) is 0 Å². The van der Waals surface area contributed by atoms with Crippen molar-refractivity contribution in [3.8, 4) is 17.0 Å². The molecule has 1 spiro atoms. The molecule has 3 fully saturated rings. The van der Waals surface area contributed by atoms with Gasteiger partial charge in [0.25, 0.3) is 0 Å². The first-order chi connectivity index (χ1) is 15.8. The number of carbonyl (C=O) groups is 2. The Morgan fingerprint density at radius 3 is 2.79 bits per heavy atom. The van der Waals surface area contributed by atoms with Crippen molar-refractivity contribution in [1.29, 1.82) is 0 Å². The van der Waals surface area contributed by atoms with E-state index in [1.54, 1.807) is 26.4 Å². The number of nitrogens with one attached hydrogen (secondary N) is 1. The number of piperidine rings is 1. The van der Waals surface area contributed by atoms with Gasteiger partial charge in [0.05, 0.1) is 18.2 Å². The number of esters is 1. The lowest BCUT2D eigenvalue weighted by atomic mass is 9.53. The fourth-order valence-electron chi connectivity index (χ4n) is 5.96. The third kappa shape index (κ3) is 3.31. The number of rotatable bonds is 4. The Hall–Kier alpha value is -3.29. The Kier molecular flexibility index (Phi) is 4.99. The number of halogens is 1. The zero-order valence-electron chi connectivity index (χ0n) is 18.7. The molecule has 3 aliphatic rings. The molecule has 6 atom stereocenters. The maximum absolute atomic E-state index is 15.9. The Morgan fingerprint density at radius 2 is 2.06 bits per heavy atom. The smallest absolute Gasteiger partial charge is 0.313 e. The number of hydrogen-bond acceptors (Lipinski definition) is 6. The predicted molar refractivity (Wildman–Crippen MR) is 118 cm³/mol. The number of amides is 1.